The molecule has 4 aliphatic rings. The third kappa shape index (κ3) is 2.34. The molecule has 5 atom stereocenters. The Bertz CT molecular complexity index is 621. The van der Waals surface area contributed by atoms with E-state index in [4.69, 9.17) is 25.8 Å². The van der Waals surface area contributed by atoms with Crippen molar-refractivity contribution in [2.75, 3.05) is 26.4 Å². The van der Waals surface area contributed by atoms with E-state index in [2.05, 4.69) is 11.4 Å². The summed E-state index contributed by atoms with van der Waals surface area (Å²) in [6.07, 6.45) is 4.13. The molecule has 1 N–H and O–H groups in total. The molecule has 23 heavy (non-hydrogen) atoms. The van der Waals surface area contributed by atoms with E-state index < -0.39 is 0 Å². The van der Waals surface area contributed by atoms with E-state index in [1.54, 1.807) is 0 Å². The quantitative estimate of drug-likeness (QED) is 0.918. The summed E-state index contributed by atoms with van der Waals surface area (Å²) in [4.78, 5) is 0. The molecule has 0 spiro atoms. The second-order valence-corrected chi connectivity index (χ2v) is 7.69. The highest BCUT2D eigenvalue weighted by Crippen LogP contribution is 2.53. The average Bonchev–Trinajstić information content (AvgIpc) is 3.17. The maximum absolute atomic E-state index is 6.31. The molecule has 1 aromatic carbocycles. The maximum atomic E-state index is 6.31. The largest absolute Gasteiger partial charge is 0.486 e. The molecular formula is C18H22ClNO3. The lowest BCUT2D eigenvalue weighted by Gasteiger charge is -2.27. The number of benzene rings is 1. The first-order chi connectivity index (χ1) is 11.3. The smallest absolute Gasteiger partial charge is 0.179 e. The number of hydrogen-bond donors (Lipinski definition) is 1. The lowest BCUT2D eigenvalue weighted by molar-refractivity contribution is 0.0764. The van der Waals surface area contributed by atoms with Gasteiger partial charge in [0.05, 0.1) is 17.7 Å². The molecule has 2 heterocycles. The minimum Gasteiger partial charge on any atom is -0.486 e. The van der Waals surface area contributed by atoms with Gasteiger partial charge >= 0.3 is 0 Å². The van der Waals surface area contributed by atoms with E-state index in [0.29, 0.717) is 36.1 Å². The Labute approximate surface area is 141 Å². The second kappa shape index (κ2) is 5.54. The zero-order chi connectivity index (χ0) is 15.4. The molecule has 2 aliphatic carbocycles. The van der Waals surface area contributed by atoms with Gasteiger partial charge in [-0.25, -0.2) is 0 Å². The van der Waals surface area contributed by atoms with Gasteiger partial charge in [-0.15, -0.1) is 0 Å². The lowest BCUT2D eigenvalue weighted by atomic mass is 9.87. The van der Waals surface area contributed by atoms with Crippen LogP contribution in [0.1, 0.15) is 18.4 Å². The maximum Gasteiger partial charge on any atom is 0.179 e. The van der Waals surface area contributed by atoms with Crippen molar-refractivity contribution in [1.29, 1.82) is 0 Å². The molecule has 4 nitrogen and oxygen atoms in total. The molecule has 1 aromatic rings. The van der Waals surface area contributed by atoms with Crippen LogP contribution < -0.4 is 14.8 Å². The average molecular weight is 336 g/mol. The lowest BCUT2D eigenvalue weighted by Crippen LogP contribution is -2.44. The van der Waals surface area contributed by atoms with Crippen LogP contribution in [0.5, 0.6) is 11.5 Å². The van der Waals surface area contributed by atoms with Crippen LogP contribution in [0, 0.1) is 17.8 Å². The Morgan fingerprint density at radius 1 is 1.13 bits per heavy atom. The monoisotopic (exact) mass is 335 g/mol. The van der Waals surface area contributed by atoms with Gasteiger partial charge in [-0.05, 0) is 61.3 Å². The van der Waals surface area contributed by atoms with Gasteiger partial charge < -0.3 is 19.5 Å². The molecule has 0 aromatic heterocycles. The highest BCUT2D eigenvalue weighted by Gasteiger charge is 2.56. The summed E-state index contributed by atoms with van der Waals surface area (Å²) in [5.41, 5.74) is 1.19. The Kier molecular flexibility index (Phi) is 3.46. The molecule has 5 heteroatoms. The predicted octanol–water partition coefficient (Wildman–Crippen LogP) is 2.67. The molecule has 2 bridgehead atoms. The van der Waals surface area contributed by atoms with Crippen molar-refractivity contribution >= 4 is 11.6 Å². The minimum atomic E-state index is 0.461. The van der Waals surface area contributed by atoms with Crippen LogP contribution in [0.3, 0.4) is 0 Å². The number of rotatable bonds is 4. The Morgan fingerprint density at radius 3 is 3.00 bits per heavy atom. The molecule has 2 saturated carbocycles. The van der Waals surface area contributed by atoms with E-state index in [1.807, 2.05) is 6.07 Å². The SMILES string of the molecule is Clc1cc(CCNC2[C@@H]3C[C@@H]4CO[C@H]2[C@H]4C3)cc2c1OCCO2. The highest BCUT2D eigenvalue weighted by molar-refractivity contribution is 6.32. The molecule has 0 radical (unpaired) electrons. The first-order valence-corrected chi connectivity index (χ1v) is 9.10. The van der Waals surface area contributed by atoms with Gasteiger partial charge in [0.25, 0.3) is 0 Å². The normalized spacial score (nSPS) is 36.7. The third-order valence-corrected chi connectivity index (χ3v) is 6.30. The van der Waals surface area contributed by atoms with Crippen LogP contribution in [0.25, 0.3) is 0 Å². The first-order valence-electron chi connectivity index (χ1n) is 8.72. The van der Waals surface area contributed by atoms with Crippen molar-refractivity contribution in [1.82, 2.24) is 5.32 Å². The van der Waals surface area contributed by atoms with Crippen molar-refractivity contribution in [3.63, 3.8) is 0 Å². The summed E-state index contributed by atoms with van der Waals surface area (Å²) in [7, 11) is 0. The zero-order valence-corrected chi connectivity index (χ0v) is 13.8. The van der Waals surface area contributed by atoms with E-state index in [9.17, 15) is 0 Å². The Morgan fingerprint density at radius 2 is 2.04 bits per heavy atom. The fourth-order valence-corrected chi connectivity index (χ4v) is 5.35. The molecule has 1 saturated heterocycles. The van der Waals surface area contributed by atoms with Gasteiger partial charge in [0.15, 0.2) is 11.5 Å². The van der Waals surface area contributed by atoms with Crippen LogP contribution in [0.15, 0.2) is 12.1 Å². The van der Waals surface area contributed by atoms with Crippen LogP contribution in [-0.4, -0.2) is 38.5 Å². The zero-order valence-electron chi connectivity index (χ0n) is 13.1. The summed E-state index contributed by atoms with van der Waals surface area (Å²) < 4.78 is 17.2. The second-order valence-electron chi connectivity index (χ2n) is 7.29. The standard InChI is InChI=1S/C18H22ClNO3/c19-14-5-10(6-15-18(14)22-4-3-21-15)1-2-20-16-11-7-12-9-23-17(16)13(12)8-11/h5-6,11-13,16-17,20H,1-4,7-9H2/t11-,12-,13+,16?,17+/m1/s1. The molecule has 2 aliphatic heterocycles. The van der Waals surface area contributed by atoms with Gasteiger partial charge in [0.2, 0.25) is 0 Å². The Hall–Kier alpha value is -0.970. The van der Waals surface area contributed by atoms with Crippen molar-refractivity contribution in [3.8, 4) is 11.5 Å². The number of hydrogen-bond acceptors (Lipinski definition) is 4. The molecular weight excluding hydrogens is 314 g/mol. The van der Waals surface area contributed by atoms with E-state index >= 15 is 0 Å². The Balaban J connectivity index is 1.23. The van der Waals surface area contributed by atoms with Crippen molar-refractivity contribution in [2.45, 2.75) is 31.4 Å². The van der Waals surface area contributed by atoms with Gasteiger partial charge in [-0.2, -0.15) is 0 Å². The van der Waals surface area contributed by atoms with Gasteiger partial charge in [0.1, 0.15) is 13.2 Å². The van der Waals surface area contributed by atoms with Gasteiger partial charge in [-0.3, -0.25) is 0 Å². The van der Waals surface area contributed by atoms with E-state index in [1.165, 1.54) is 18.4 Å². The molecule has 0 amide bonds. The van der Waals surface area contributed by atoms with Crippen molar-refractivity contribution < 1.29 is 14.2 Å². The van der Waals surface area contributed by atoms with E-state index in [0.717, 1.165) is 43.1 Å². The number of nitrogens with one attached hydrogen (secondary N) is 1. The molecule has 5 rings (SSSR count). The van der Waals surface area contributed by atoms with Gasteiger partial charge in [0, 0.05) is 6.04 Å². The summed E-state index contributed by atoms with van der Waals surface area (Å²) in [5, 5.41) is 4.40. The summed E-state index contributed by atoms with van der Waals surface area (Å²) >= 11 is 6.31. The van der Waals surface area contributed by atoms with E-state index in [-0.39, 0.29) is 0 Å². The molecule has 1 unspecified atom stereocenters. The van der Waals surface area contributed by atoms with Crippen LogP contribution >= 0.6 is 11.6 Å². The number of ether oxygens (including phenoxy) is 3. The summed E-state index contributed by atoms with van der Waals surface area (Å²) in [6.45, 7) is 3.10. The predicted molar refractivity (Wildman–Crippen MR) is 87.4 cm³/mol. The third-order valence-electron chi connectivity index (χ3n) is 6.02. The fraction of sp³-hybridized carbons (Fsp3) is 0.667. The summed E-state index contributed by atoms with van der Waals surface area (Å²) in [5.74, 6) is 3.95. The first kappa shape index (κ1) is 14.4. The molecule has 124 valence electrons. The number of fused-ring (bicyclic) bond motifs is 2. The summed E-state index contributed by atoms with van der Waals surface area (Å²) in [6, 6.07) is 4.61. The highest BCUT2D eigenvalue weighted by atomic mass is 35.5. The number of halogens is 1. The van der Waals surface area contributed by atoms with Crippen LogP contribution in [-0.2, 0) is 11.2 Å². The molecule has 3 fully saturated rings. The van der Waals surface area contributed by atoms with Gasteiger partial charge in [-0.1, -0.05) is 11.6 Å². The van der Waals surface area contributed by atoms with Crippen LogP contribution in [0.2, 0.25) is 5.02 Å². The topological polar surface area (TPSA) is 39.7 Å². The van der Waals surface area contributed by atoms with Crippen LogP contribution in [0.4, 0.5) is 0 Å². The fourth-order valence-electron chi connectivity index (χ4n) is 5.06. The van der Waals surface area contributed by atoms with Crippen molar-refractivity contribution in [3.05, 3.63) is 22.7 Å². The van der Waals surface area contributed by atoms with Crippen molar-refractivity contribution in [2.24, 2.45) is 17.8 Å². The minimum absolute atomic E-state index is 0.461.